The van der Waals surface area contributed by atoms with Crippen molar-refractivity contribution in [2.24, 2.45) is 0 Å². The number of halogens is 1. The van der Waals surface area contributed by atoms with Gasteiger partial charge in [-0.3, -0.25) is 0 Å². The minimum absolute atomic E-state index is 0.439. The van der Waals surface area contributed by atoms with E-state index in [9.17, 15) is 0 Å². The monoisotopic (exact) mass is 326 g/mol. The summed E-state index contributed by atoms with van der Waals surface area (Å²) in [5.74, 6) is 0. The maximum atomic E-state index is 3.59. The summed E-state index contributed by atoms with van der Waals surface area (Å²) in [4.78, 5) is 2.45. The largest absolute Gasteiger partial charge is 0.310 e. The van der Waals surface area contributed by atoms with Crippen LogP contribution in [0.15, 0.2) is 28.7 Å². The number of nitrogens with zero attached hydrogens (tertiary/aromatic N) is 1. The van der Waals surface area contributed by atoms with E-state index in [0.717, 1.165) is 24.0 Å². The summed E-state index contributed by atoms with van der Waals surface area (Å²) in [6.07, 6.45) is 2.35. The van der Waals surface area contributed by atoms with Crippen LogP contribution in [0.3, 0.4) is 0 Å². The van der Waals surface area contributed by atoms with Crippen molar-refractivity contribution in [2.75, 3.05) is 20.1 Å². The first-order chi connectivity index (χ1) is 9.08. The van der Waals surface area contributed by atoms with E-state index in [0.29, 0.717) is 12.1 Å². The molecule has 0 radical (unpaired) electrons. The molecule has 2 nitrogen and oxygen atoms in total. The molecule has 0 saturated carbocycles. The molecule has 0 aromatic heterocycles. The van der Waals surface area contributed by atoms with Crippen molar-refractivity contribution in [1.29, 1.82) is 0 Å². The molecule has 0 spiro atoms. The van der Waals surface area contributed by atoms with Gasteiger partial charge >= 0.3 is 0 Å². The molecule has 108 valence electrons. The van der Waals surface area contributed by atoms with Gasteiger partial charge < -0.3 is 10.2 Å². The summed E-state index contributed by atoms with van der Waals surface area (Å²) >= 11 is 3.56. The zero-order chi connectivity index (χ0) is 14.3. The summed E-state index contributed by atoms with van der Waals surface area (Å²) in [5.41, 5.74) is 1.37. The highest BCUT2D eigenvalue weighted by atomic mass is 79.9. The lowest BCUT2D eigenvalue weighted by atomic mass is 10.0. The third-order valence-electron chi connectivity index (χ3n) is 3.82. The molecule has 0 aliphatic heterocycles. The highest BCUT2D eigenvalue weighted by molar-refractivity contribution is 9.10. The molecule has 1 N–H and O–H groups in total. The van der Waals surface area contributed by atoms with Crippen LogP contribution in [0.1, 0.15) is 45.2 Å². The Morgan fingerprint density at radius 1 is 1.32 bits per heavy atom. The third-order valence-corrected chi connectivity index (χ3v) is 4.31. The van der Waals surface area contributed by atoms with Crippen LogP contribution in [-0.4, -0.2) is 31.1 Å². The number of hydrogen-bond acceptors (Lipinski definition) is 2. The molecule has 1 aromatic carbocycles. The van der Waals surface area contributed by atoms with Crippen LogP contribution in [0.2, 0.25) is 0 Å². The normalized spacial score (nSPS) is 14.6. The van der Waals surface area contributed by atoms with Gasteiger partial charge in [0, 0.05) is 16.6 Å². The zero-order valence-electron chi connectivity index (χ0n) is 12.6. The average molecular weight is 327 g/mol. The van der Waals surface area contributed by atoms with Gasteiger partial charge in [0.15, 0.2) is 0 Å². The van der Waals surface area contributed by atoms with Crippen LogP contribution in [0.5, 0.6) is 0 Å². The highest BCUT2D eigenvalue weighted by Crippen LogP contribution is 2.21. The highest BCUT2D eigenvalue weighted by Gasteiger charge is 2.13. The summed E-state index contributed by atoms with van der Waals surface area (Å²) in [6, 6.07) is 9.72. The van der Waals surface area contributed by atoms with Crippen molar-refractivity contribution >= 4 is 15.9 Å². The van der Waals surface area contributed by atoms with E-state index in [-0.39, 0.29) is 0 Å². The molecule has 1 rings (SSSR count). The average Bonchev–Trinajstić information content (AvgIpc) is 2.42. The second kappa shape index (κ2) is 8.72. The van der Waals surface area contributed by atoms with E-state index in [2.05, 4.69) is 78.2 Å². The fourth-order valence-corrected chi connectivity index (χ4v) is 2.64. The summed E-state index contributed by atoms with van der Waals surface area (Å²) < 4.78 is 1.16. The predicted octanol–water partition coefficient (Wildman–Crippen LogP) is 4.22. The molecule has 0 aliphatic carbocycles. The molecule has 0 bridgehead atoms. The van der Waals surface area contributed by atoms with Gasteiger partial charge in [-0.25, -0.2) is 0 Å². The van der Waals surface area contributed by atoms with Crippen LogP contribution in [-0.2, 0) is 0 Å². The fraction of sp³-hybridized carbons (Fsp3) is 0.625. The molecule has 0 amide bonds. The summed E-state index contributed by atoms with van der Waals surface area (Å²) in [5, 5.41) is 3.59. The third kappa shape index (κ3) is 5.64. The van der Waals surface area contributed by atoms with Gasteiger partial charge in [-0.05, 0) is 57.6 Å². The van der Waals surface area contributed by atoms with Crippen LogP contribution >= 0.6 is 15.9 Å². The van der Waals surface area contributed by atoms with Gasteiger partial charge in [0.25, 0.3) is 0 Å². The Bertz CT molecular complexity index is 368. The van der Waals surface area contributed by atoms with Crippen LogP contribution in [0.4, 0.5) is 0 Å². The van der Waals surface area contributed by atoms with E-state index >= 15 is 0 Å². The smallest absolute Gasteiger partial charge is 0.0332 e. The topological polar surface area (TPSA) is 15.3 Å². The fourth-order valence-electron chi connectivity index (χ4n) is 2.22. The quantitative estimate of drug-likeness (QED) is 0.769. The molecular weight excluding hydrogens is 300 g/mol. The Morgan fingerprint density at radius 2 is 2.05 bits per heavy atom. The second-order valence-electron chi connectivity index (χ2n) is 5.19. The van der Waals surface area contributed by atoms with Gasteiger partial charge in [-0.1, -0.05) is 41.9 Å². The van der Waals surface area contributed by atoms with Crippen molar-refractivity contribution in [2.45, 2.75) is 45.7 Å². The number of nitrogens with one attached hydrogen (secondary N) is 1. The summed E-state index contributed by atoms with van der Waals surface area (Å²) in [7, 11) is 2.22. The predicted molar refractivity (Wildman–Crippen MR) is 87.6 cm³/mol. The van der Waals surface area contributed by atoms with Crippen LogP contribution in [0, 0.1) is 0 Å². The van der Waals surface area contributed by atoms with E-state index in [1.807, 2.05) is 0 Å². The Balaban J connectivity index is 2.63. The number of rotatable bonds is 8. The lowest BCUT2D eigenvalue weighted by Gasteiger charge is -2.26. The van der Waals surface area contributed by atoms with E-state index in [1.165, 1.54) is 12.0 Å². The SMILES string of the molecule is CCNC(CCN(C)C(C)CC)c1cccc(Br)c1. The number of benzene rings is 1. The Kier molecular flexibility index (Phi) is 7.66. The van der Waals surface area contributed by atoms with Crippen LogP contribution in [0.25, 0.3) is 0 Å². The van der Waals surface area contributed by atoms with Gasteiger partial charge in [-0.2, -0.15) is 0 Å². The first-order valence-corrected chi connectivity index (χ1v) is 8.06. The van der Waals surface area contributed by atoms with Gasteiger partial charge in [0.05, 0.1) is 0 Å². The molecular formula is C16H27BrN2. The molecule has 0 aliphatic rings. The van der Waals surface area contributed by atoms with Crippen molar-refractivity contribution in [3.8, 4) is 0 Å². The van der Waals surface area contributed by atoms with Crippen molar-refractivity contribution < 1.29 is 0 Å². The Morgan fingerprint density at radius 3 is 2.63 bits per heavy atom. The number of hydrogen-bond donors (Lipinski definition) is 1. The standard InChI is InChI=1S/C16H27BrN2/c1-5-13(3)19(4)11-10-16(18-6-2)14-8-7-9-15(17)12-14/h7-9,12-13,16,18H,5-6,10-11H2,1-4H3. The molecule has 2 unspecified atom stereocenters. The summed E-state index contributed by atoms with van der Waals surface area (Å²) in [6.45, 7) is 8.84. The Hall–Kier alpha value is -0.380. The van der Waals surface area contributed by atoms with Gasteiger partial charge in [-0.15, -0.1) is 0 Å². The molecule has 1 aromatic rings. The molecule has 0 heterocycles. The Labute approximate surface area is 126 Å². The van der Waals surface area contributed by atoms with E-state index in [1.54, 1.807) is 0 Å². The van der Waals surface area contributed by atoms with Crippen molar-refractivity contribution in [3.63, 3.8) is 0 Å². The van der Waals surface area contributed by atoms with Gasteiger partial charge in [0.1, 0.15) is 0 Å². The molecule has 2 atom stereocenters. The first kappa shape index (κ1) is 16.7. The minimum atomic E-state index is 0.439. The van der Waals surface area contributed by atoms with Crippen LogP contribution < -0.4 is 5.32 Å². The minimum Gasteiger partial charge on any atom is -0.310 e. The van der Waals surface area contributed by atoms with Crippen molar-refractivity contribution in [1.82, 2.24) is 10.2 Å². The zero-order valence-corrected chi connectivity index (χ0v) is 14.2. The maximum Gasteiger partial charge on any atom is 0.0332 e. The molecule has 19 heavy (non-hydrogen) atoms. The molecule has 0 fully saturated rings. The van der Waals surface area contributed by atoms with Gasteiger partial charge in [0.2, 0.25) is 0 Å². The molecule has 3 heteroatoms. The molecule has 0 saturated heterocycles. The lowest BCUT2D eigenvalue weighted by Crippen LogP contribution is -2.32. The maximum absolute atomic E-state index is 3.59. The lowest BCUT2D eigenvalue weighted by molar-refractivity contribution is 0.238. The first-order valence-electron chi connectivity index (χ1n) is 7.27. The van der Waals surface area contributed by atoms with E-state index < -0.39 is 0 Å². The van der Waals surface area contributed by atoms with Crippen molar-refractivity contribution in [3.05, 3.63) is 34.3 Å². The van der Waals surface area contributed by atoms with E-state index in [4.69, 9.17) is 0 Å². The second-order valence-corrected chi connectivity index (χ2v) is 6.11.